The van der Waals surface area contributed by atoms with Crippen LogP contribution in [0.4, 0.5) is 4.39 Å². The molecule has 0 fully saturated rings. The van der Waals surface area contributed by atoms with Gasteiger partial charge < -0.3 is 5.11 Å². The van der Waals surface area contributed by atoms with Crippen molar-refractivity contribution in [2.24, 2.45) is 5.41 Å². The lowest BCUT2D eigenvalue weighted by atomic mass is 9.86. The molecule has 1 rings (SSSR count). The van der Waals surface area contributed by atoms with E-state index < -0.39 is 5.41 Å². The van der Waals surface area contributed by atoms with Gasteiger partial charge in [-0.25, -0.2) is 4.39 Å². The van der Waals surface area contributed by atoms with Gasteiger partial charge in [0.2, 0.25) is 0 Å². The second kappa shape index (κ2) is 4.21. The van der Waals surface area contributed by atoms with Crippen molar-refractivity contribution >= 4 is 0 Å². The third kappa shape index (κ3) is 2.54. The highest BCUT2D eigenvalue weighted by Gasteiger charge is 2.22. The highest BCUT2D eigenvalue weighted by Crippen LogP contribution is 2.20. The summed E-state index contributed by atoms with van der Waals surface area (Å²) in [7, 11) is 0. The van der Waals surface area contributed by atoms with E-state index in [4.69, 9.17) is 10.4 Å². The first-order valence-electron chi connectivity index (χ1n) is 4.36. The lowest BCUT2D eigenvalue weighted by Gasteiger charge is -2.17. The van der Waals surface area contributed by atoms with Crippen LogP contribution in [0, 0.1) is 22.6 Å². The van der Waals surface area contributed by atoms with E-state index in [9.17, 15) is 4.39 Å². The third-order valence-corrected chi connectivity index (χ3v) is 2.13. The van der Waals surface area contributed by atoms with E-state index in [1.54, 1.807) is 19.1 Å². The fraction of sp³-hybridized carbons (Fsp3) is 0.364. The van der Waals surface area contributed by atoms with Gasteiger partial charge in [-0.2, -0.15) is 5.26 Å². The van der Waals surface area contributed by atoms with Crippen LogP contribution >= 0.6 is 0 Å². The summed E-state index contributed by atoms with van der Waals surface area (Å²) in [5, 5.41) is 17.8. The van der Waals surface area contributed by atoms with Gasteiger partial charge in [0.05, 0.1) is 18.1 Å². The minimum absolute atomic E-state index is 0.194. The van der Waals surface area contributed by atoms with Crippen LogP contribution < -0.4 is 0 Å². The van der Waals surface area contributed by atoms with Crippen LogP contribution in [-0.4, -0.2) is 11.7 Å². The molecule has 0 bridgehead atoms. The van der Waals surface area contributed by atoms with Crippen molar-refractivity contribution in [3.8, 4) is 6.07 Å². The minimum atomic E-state index is -0.780. The van der Waals surface area contributed by atoms with Crippen molar-refractivity contribution in [2.45, 2.75) is 13.3 Å². The van der Waals surface area contributed by atoms with E-state index in [0.717, 1.165) is 5.56 Å². The molecule has 1 N–H and O–H groups in total. The molecule has 0 radical (unpaired) electrons. The number of nitriles is 1. The maximum atomic E-state index is 12.6. The minimum Gasteiger partial charge on any atom is -0.395 e. The summed E-state index contributed by atoms with van der Waals surface area (Å²) in [6.07, 6.45) is 0.431. The molecule has 2 nitrogen and oxygen atoms in total. The van der Waals surface area contributed by atoms with Gasteiger partial charge in [0, 0.05) is 0 Å². The van der Waals surface area contributed by atoms with Crippen LogP contribution in [0.1, 0.15) is 12.5 Å². The summed E-state index contributed by atoms with van der Waals surface area (Å²) in [5.41, 5.74) is 0.0715. The van der Waals surface area contributed by atoms with Gasteiger partial charge in [0.1, 0.15) is 5.82 Å². The molecule has 1 aromatic rings. The predicted molar refractivity (Wildman–Crippen MR) is 50.9 cm³/mol. The van der Waals surface area contributed by atoms with Crippen LogP contribution in [0.2, 0.25) is 0 Å². The molecule has 0 aromatic heterocycles. The molecule has 0 aliphatic rings. The molecule has 0 saturated carbocycles. The number of benzene rings is 1. The topological polar surface area (TPSA) is 44.0 Å². The number of aliphatic hydroxyl groups is 1. The Morgan fingerprint density at radius 1 is 1.43 bits per heavy atom. The highest BCUT2D eigenvalue weighted by molar-refractivity contribution is 5.19. The Kier molecular flexibility index (Phi) is 3.21. The molecule has 14 heavy (non-hydrogen) atoms. The van der Waals surface area contributed by atoms with Crippen molar-refractivity contribution in [1.29, 1.82) is 5.26 Å². The third-order valence-electron chi connectivity index (χ3n) is 2.13. The summed E-state index contributed by atoms with van der Waals surface area (Å²) in [5.74, 6) is -0.295. The van der Waals surface area contributed by atoms with Crippen LogP contribution in [-0.2, 0) is 6.42 Å². The first-order valence-corrected chi connectivity index (χ1v) is 4.36. The molecular weight excluding hydrogens is 181 g/mol. The number of nitrogens with zero attached hydrogens (tertiary/aromatic N) is 1. The summed E-state index contributed by atoms with van der Waals surface area (Å²) < 4.78 is 12.6. The van der Waals surface area contributed by atoms with Gasteiger partial charge in [0.25, 0.3) is 0 Å². The van der Waals surface area contributed by atoms with Crippen molar-refractivity contribution in [1.82, 2.24) is 0 Å². The largest absolute Gasteiger partial charge is 0.395 e. The van der Waals surface area contributed by atoms with Gasteiger partial charge in [-0.3, -0.25) is 0 Å². The maximum Gasteiger partial charge on any atom is 0.123 e. The monoisotopic (exact) mass is 193 g/mol. The van der Waals surface area contributed by atoms with Crippen LogP contribution in [0.15, 0.2) is 24.3 Å². The molecule has 0 aliphatic heterocycles. The number of aliphatic hydroxyl groups excluding tert-OH is 1. The molecule has 1 atom stereocenters. The predicted octanol–water partition coefficient (Wildman–Crippen LogP) is 1.89. The van der Waals surface area contributed by atoms with Crippen molar-refractivity contribution in [2.75, 3.05) is 6.61 Å². The number of rotatable bonds is 3. The summed E-state index contributed by atoms with van der Waals surface area (Å²) in [6.45, 7) is 1.48. The molecule has 74 valence electrons. The smallest absolute Gasteiger partial charge is 0.123 e. The molecule has 0 heterocycles. The molecule has 3 heteroatoms. The molecular formula is C11H12FNO. The van der Waals surface area contributed by atoms with Crippen molar-refractivity contribution < 1.29 is 9.50 Å². The average Bonchev–Trinajstić information content (AvgIpc) is 2.21. The number of hydrogen-bond acceptors (Lipinski definition) is 2. The fourth-order valence-electron chi connectivity index (χ4n) is 1.18. The van der Waals surface area contributed by atoms with E-state index in [-0.39, 0.29) is 12.4 Å². The van der Waals surface area contributed by atoms with Crippen molar-refractivity contribution in [3.63, 3.8) is 0 Å². The quantitative estimate of drug-likeness (QED) is 0.796. The van der Waals surface area contributed by atoms with E-state index in [2.05, 4.69) is 0 Å². The molecule has 0 aliphatic carbocycles. The Bertz CT molecular complexity index is 341. The molecule has 0 amide bonds. The highest BCUT2D eigenvalue weighted by atomic mass is 19.1. The van der Waals surface area contributed by atoms with Gasteiger partial charge >= 0.3 is 0 Å². The average molecular weight is 193 g/mol. The zero-order valence-electron chi connectivity index (χ0n) is 8.00. The normalized spacial score (nSPS) is 14.4. The first-order chi connectivity index (χ1) is 6.59. The standard InChI is InChI=1S/C11H12FNO/c1-11(7-13,8-14)6-9-2-4-10(12)5-3-9/h2-5,14H,6,8H2,1H3. The molecule has 1 aromatic carbocycles. The maximum absolute atomic E-state index is 12.6. The lowest BCUT2D eigenvalue weighted by molar-refractivity contribution is 0.190. The van der Waals surface area contributed by atoms with Gasteiger partial charge in [0.15, 0.2) is 0 Å². The van der Waals surface area contributed by atoms with E-state index in [1.165, 1.54) is 12.1 Å². The molecule has 0 saturated heterocycles. The Labute approximate surface area is 82.6 Å². The SMILES string of the molecule is CC(C#N)(CO)Cc1ccc(F)cc1. The molecule has 1 unspecified atom stereocenters. The second-order valence-electron chi connectivity index (χ2n) is 3.63. The summed E-state index contributed by atoms with van der Waals surface area (Å²) >= 11 is 0. The van der Waals surface area contributed by atoms with E-state index in [0.29, 0.717) is 6.42 Å². The number of halogens is 1. The van der Waals surface area contributed by atoms with Gasteiger partial charge in [-0.1, -0.05) is 12.1 Å². The second-order valence-corrected chi connectivity index (χ2v) is 3.63. The van der Waals surface area contributed by atoms with E-state index >= 15 is 0 Å². The summed E-state index contributed by atoms with van der Waals surface area (Å²) in [4.78, 5) is 0. The van der Waals surface area contributed by atoms with Crippen LogP contribution in [0.25, 0.3) is 0 Å². The van der Waals surface area contributed by atoms with Crippen LogP contribution in [0.5, 0.6) is 0 Å². The first kappa shape index (κ1) is 10.7. The Balaban J connectivity index is 2.79. The molecule has 0 spiro atoms. The van der Waals surface area contributed by atoms with E-state index in [1.807, 2.05) is 6.07 Å². The van der Waals surface area contributed by atoms with Crippen LogP contribution in [0.3, 0.4) is 0 Å². The Morgan fingerprint density at radius 3 is 2.43 bits per heavy atom. The summed E-state index contributed by atoms with van der Waals surface area (Å²) in [6, 6.07) is 8.00. The Hall–Kier alpha value is -1.40. The fourth-order valence-corrected chi connectivity index (χ4v) is 1.18. The van der Waals surface area contributed by atoms with Crippen molar-refractivity contribution in [3.05, 3.63) is 35.6 Å². The van der Waals surface area contributed by atoms with Gasteiger partial charge in [-0.15, -0.1) is 0 Å². The van der Waals surface area contributed by atoms with Gasteiger partial charge in [-0.05, 0) is 31.0 Å². The lowest BCUT2D eigenvalue weighted by Crippen LogP contribution is -2.21. The zero-order valence-corrected chi connectivity index (χ0v) is 8.00. The zero-order chi connectivity index (χ0) is 10.6. The number of hydrogen-bond donors (Lipinski definition) is 1. The Morgan fingerprint density at radius 2 is 2.00 bits per heavy atom.